The normalized spacial score (nSPS) is 16.2. The van der Waals surface area contributed by atoms with Gasteiger partial charge >= 0.3 is 0 Å². The molecular formula is C11H19N5O3S. The maximum absolute atomic E-state index is 11.8. The molecule has 1 N–H and O–H groups in total. The van der Waals surface area contributed by atoms with Gasteiger partial charge in [0, 0.05) is 20.0 Å². The average Bonchev–Trinajstić information content (AvgIpc) is 2.87. The Labute approximate surface area is 118 Å². The standard InChI is InChI=1S/C11H19N5O3S/c1-8(11-14-13-9-5-4-6-16(9)11)12-10(17)7-15(2)20(3,18)19/h8H,4-7H2,1-3H3,(H,12,17). The van der Waals surface area contributed by atoms with E-state index in [4.69, 9.17) is 0 Å². The average molecular weight is 301 g/mol. The van der Waals surface area contributed by atoms with Gasteiger partial charge in [0.15, 0.2) is 5.82 Å². The number of aromatic nitrogens is 3. The fourth-order valence-corrected chi connectivity index (χ4v) is 2.52. The van der Waals surface area contributed by atoms with Gasteiger partial charge in [0.05, 0.1) is 18.8 Å². The Morgan fingerprint density at radius 3 is 2.85 bits per heavy atom. The van der Waals surface area contributed by atoms with E-state index in [2.05, 4.69) is 15.5 Å². The van der Waals surface area contributed by atoms with Gasteiger partial charge in [-0.2, -0.15) is 4.31 Å². The first-order chi connectivity index (χ1) is 9.29. The molecule has 1 atom stereocenters. The van der Waals surface area contributed by atoms with Crippen molar-refractivity contribution in [2.75, 3.05) is 19.8 Å². The number of amides is 1. The molecular weight excluding hydrogens is 282 g/mol. The molecule has 0 bridgehead atoms. The molecule has 0 spiro atoms. The number of aryl methyl sites for hydroxylation is 1. The van der Waals surface area contributed by atoms with Crippen LogP contribution in [0.3, 0.4) is 0 Å². The van der Waals surface area contributed by atoms with Gasteiger partial charge in [0.2, 0.25) is 15.9 Å². The van der Waals surface area contributed by atoms with Crippen LogP contribution >= 0.6 is 0 Å². The molecule has 8 nitrogen and oxygen atoms in total. The van der Waals surface area contributed by atoms with Crippen LogP contribution in [-0.2, 0) is 27.8 Å². The largest absolute Gasteiger partial charge is 0.345 e. The quantitative estimate of drug-likeness (QED) is 0.775. The molecule has 1 aromatic rings. The van der Waals surface area contributed by atoms with E-state index < -0.39 is 10.0 Å². The summed E-state index contributed by atoms with van der Waals surface area (Å²) in [7, 11) is -1.99. The fraction of sp³-hybridized carbons (Fsp3) is 0.727. The molecule has 1 aromatic heterocycles. The van der Waals surface area contributed by atoms with Gasteiger partial charge in [0.25, 0.3) is 0 Å². The summed E-state index contributed by atoms with van der Waals surface area (Å²) in [5.74, 6) is 1.29. The van der Waals surface area contributed by atoms with Crippen LogP contribution in [0.1, 0.15) is 31.0 Å². The van der Waals surface area contributed by atoms with Crippen LogP contribution in [0.4, 0.5) is 0 Å². The van der Waals surface area contributed by atoms with Crippen molar-refractivity contribution in [1.82, 2.24) is 24.4 Å². The fourth-order valence-electron chi connectivity index (χ4n) is 2.16. The van der Waals surface area contributed by atoms with E-state index in [1.807, 2.05) is 11.5 Å². The van der Waals surface area contributed by atoms with Gasteiger partial charge in [0.1, 0.15) is 5.82 Å². The Morgan fingerprint density at radius 2 is 2.20 bits per heavy atom. The first kappa shape index (κ1) is 14.9. The molecule has 0 saturated carbocycles. The van der Waals surface area contributed by atoms with Crippen molar-refractivity contribution in [3.05, 3.63) is 11.6 Å². The van der Waals surface area contributed by atoms with E-state index >= 15 is 0 Å². The monoisotopic (exact) mass is 301 g/mol. The highest BCUT2D eigenvalue weighted by atomic mass is 32.2. The summed E-state index contributed by atoms with van der Waals surface area (Å²) in [6.07, 6.45) is 3.01. The van der Waals surface area contributed by atoms with Gasteiger partial charge in [-0.15, -0.1) is 10.2 Å². The lowest BCUT2D eigenvalue weighted by Crippen LogP contribution is -2.39. The lowest BCUT2D eigenvalue weighted by molar-refractivity contribution is -0.121. The number of carbonyl (C=O) groups excluding carboxylic acids is 1. The summed E-state index contributed by atoms with van der Waals surface area (Å²) >= 11 is 0. The number of sulfonamides is 1. The lowest BCUT2D eigenvalue weighted by Gasteiger charge is -2.17. The van der Waals surface area contributed by atoms with Crippen molar-refractivity contribution in [3.8, 4) is 0 Å². The zero-order valence-electron chi connectivity index (χ0n) is 11.8. The maximum Gasteiger partial charge on any atom is 0.235 e. The van der Waals surface area contributed by atoms with E-state index in [0.717, 1.165) is 35.8 Å². The number of nitrogens with one attached hydrogen (secondary N) is 1. The number of rotatable bonds is 5. The number of hydrogen-bond acceptors (Lipinski definition) is 5. The van der Waals surface area contributed by atoms with Crippen LogP contribution in [0, 0.1) is 0 Å². The van der Waals surface area contributed by atoms with Crippen molar-refractivity contribution >= 4 is 15.9 Å². The van der Waals surface area contributed by atoms with Crippen molar-refractivity contribution in [1.29, 1.82) is 0 Å². The second-order valence-corrected chi connectivity index (χ2v) is 7.13. The molecule has 0 fully saturated rings. The Morgan fingerprint density at radius 1 is 1.50 bits per heavy atom. The minimum absolute atomic E-state index is 0.204. The van der Waals surface area contributed by atoms with E-state index in [1.54, 1.807) is 0 Å². The predicted octanol–water partition coefficient (Wildman–Crippen LogP) is -0.707. The van der Waals surface area contributed by atoms with Crippen LogP contribution in [-0.4, -0.2) is 53.2 Å². The molecule has 20 heavy (non-hydrogen) atoms. The van der Waals surface area contributed by atoms with Gasteiger partial charge in [-0.25, -0.2) is 8.42 Å². The smallest absolute Gasteiger partial charge is 0.235 e. The lowest BCUT2D eigenvalue weighted by atomic mass is 10.3. The van der Waals surface area contributed by atoms with Crippen LogP contribution in [0.25, 0.3) is 0 Å². The Bertz CT molecular complexity index is 610. The molecule has 0 radical (unpaired) electrons. The highest BCUT2D eigenvalue weighted by Crippen LogP contribution is 2.18. The van der Waals surface area contributed by atoms with E-state index in [-0.39, 0.29) is 18.5 Å². The maximum atomic E-state index is 11.8. The minimum Gasteiger partial charge on any atom is -0.345 e. The zero-order chi connectivity index (χ0) is 14.9. The van der Waals surface area contributed by atoms with Gasteiger partial charge < -0.3 is 9.88 Å². The van der Waals surface area contributed by atoms with E-state index in [9.17, 15) is 13.2 Å². The SMILES string of the molecule is CC(NC(=O)CN(C)S(C)(=O)=O)c1nnc2n1CCC2. The molecule has 0 saturated heterocycles. The third-order valence-corrected chi connectivity index (χ3v) is 4.60. The highest BCUT2D eigenvalue weighted by molar-refractivity contribution is 7.88. The second-order valence-electron chi connectivity index (χ2n) is 5.04. The van der Waals surface area contributed by atoms with Crippen LogP contribution < -0.4 is 5.32 Å². The Balaban J connectivity index is 1.97. The van der Waals surface area contributed by atoms with Crippen molar-refractivity contribution in [2.24, 2.45) is 0 Å². The van der Waals surface area contributed by atoms with Gasteiger partial charge in [-0.1, -0.05) is 0 Å². The Kier molecular flexibility index (Phi) is 4.09. The number of hydrogen-bond donors (Lipinski definition) is 1. The van der Waals surface area contributed by atoms with Gasteiger partial charge in [-0.05, 0) is 13.3 Å². The summed E-state index contributed by atoms with van der Waals surface area (Å²) in [6.45, 7) is 2.47. The van der Waals surface area contributed by atoms with Crippen LogP contribution in [0.2, 0.25) is 0 Å². The summed E-state index contributed by atoms with van der Waals surface area (Å²) in [4.78, 5) is 11.8. The predicted molar refractivity (Wildman–Crippen MR) is 72.4 cm³/mol. The van der Waals surface area contributed by atoms with Crippen LogP contribution in [0.5, 0.6) is 0 Å². The van der Waals surface area contributed by atoms with Crippen molar-refractivity contribution < 1.29 is 13.2 Å². The highest BCUT2D eigenvalue weighted by Gasteiger charge is 2.23. The summed E-state index contributed by atoms with van der Waals surface area (Å²) in [6, 6.07) is -0.296. The number of fused-ring (bicyclic) bond motifs is 1. The van der Waals surface area contributed by atoms with Gasteiger partial charge in [-0.3, -0.25) is 4.79 Å². The second kappa shape index (κ2) is 5.49. The molecule has 0 aliphatic carbocycles. The molecule has 2 rings (SSSR count). The molecule has 1 unspecified atom stereocenters. The topological polar surface area (TPSA) is 97.2 Å². The third kappa shape index (κ3) is 3.15. The molecule has 9 heteroatoms. The molecule has 1 aliphatic heterocycles. The Hall–Kier alpha value is -1.48. The van der Waals surface area contributed by atoms with E-state index in [0.29, 0.717) is 5.82 Å². The molecule has 1 aliphatic rings. The summed E-state index contributed by atoms with van der Waals surface area (Å²) < 4.78 is 25.5. The zero-order valence-corrected chi connectivity index (χ0v) is 12.6. The van der Waals surface area contributed by atoms with Crippen molar-refractivity contribution in [3.63, 3.8) is 0 Å². The first-order valence-corrected chi connectivity index (χ1v) is 8.26. The first-order valence-electron chi connectivity index (χ1n) is 6.41. The number of likely N-dealkylation sites (N-methyl/N-ethyl adjacent to an activating group) is 1. The number of nitrogens with zero attached hydrogens (tertiary/aromatic N) is 4. The number of carbonyl (C=O) groups is 1. The molecule has 112 valence electrons. The molecule has 1 amide bonds. The summed E-state index contributed by atoms with van der Waals surface area (Å²) in [5, 5.41) is 10.9. The summed E-state index contributed by atoms with van der Waals surface area (Å²) in [5.41, 5.74) is 0. The third-order valence-electron chi connectivity index (χ3n) is 3.34. The minimum atomic E-state index is -3.36. The van der Waals surface area contributed by atoms with E-state index in [1.165, 1.54) is 7.05 Å². The van der Waals surface area contributed by atoms with Crippen LogP contribution in [0.15, 0.2) is 0 Å². The van der Waals surface area contributed by atoms with Crippen molar-refractivity contribution in [2.45, 2.75) is 32.4 Å². The molecule has 2 heterocycles. The molecule has 0 aromatic carbocycles.